The SMILES string of the molecule is C=CCOC(=O)NC(CCC(C)(F)F)C(=O)O. The Bertz CT molecular complexity index is 289. The zero-order valence-corrected chi connectivity index (χ0v) is 9.41. The Morgan fingerprint density at radius 3 is 2.59 bits per heavy atom. The maximum atomic E-state index is 12.5. The molecule has 98 valence electrons. The first-order valence-corrected chi connectivity index (χ1v) is 4.91. The molecule has 0 aromatic carbocycles. The van der Waals surface area contributed by atoms with Crippen molar-refractivity contribution >= 4 is 12.1 Å². The lowest BCUT2D eigenvalue weighted by atomic mass is 10.1. The molecule has 2 N–H and O–H groups in total. The first-order chi connectivity index (χ1) is 7.76. The number of carboxylic acids is 1. The van der Waals surface area contributed by atoms with Gasteiger partial charge in [0, 0.05) is 6.42 Å². The number of alkyl carbamates (subject to hydrolysis) is 1. The van der Waals surface area contributed by atoms with E-state index in [0.29, 0.717) is 6.92 Å². The molecule has 0 radical (unpaired) electrons. The number of amides is 1. The summed E-state index contributed by atoms with van der Waals surface area (Å²) in [5.74, 6) is -4.36. The lowest BCUT2D eigenvalue weighted by Gasteiger charge is -2.16. The second-order valence-corrected chi connectivity index (χ2v) is 3.53. The van der Waals surface area contributed by atoms with E-state index in [0.717, 1.165) is 0 Å². The molecule has 0 saturated heterocycles. The van der Waals surface area contributed by atoms with E-state index in [1.54, 1.807) is 0 Å². The van der Waals surface area contributed by atoms with Gasteiger partial charge in [-0.1, -0.05) is 12.7 Å². The summed E-state index contributed by atoms with van der Waals surface area (Å²) in [6.45, 7) is 3.90. The second kappa shape index (κ2) is 6.82. The van der Waals surface area contributed by atoms with E-state index >= 15 is 0 Å². The van der Waals surface area contributed by atoms with Crippen LogP contribution in [-0.2, 0) is 9.53 Å². The van der Waals surface area contributed by atoms with Crippen LogP contribution in [0.3, 0.4) is 0 Å². The minimum atomic E-state index is -2.97. The fraction of sp³-hybridized carbons (Fsp3) is 0.600. The third-order valence-electron chi connectivity index (χ3n) is 1.79. The summed E-state index contributed by atoms with van der Waals surface area (Å²) in [6, 6.07) is -1.39. The Morgan fingerprint density at radius 2 is 2.18 bits per heavy atom. The van der Waals surface area contributed by atoms with E-state index in [1.807, 2.05) is 5.32 Å². The van der Waals surface area contributed by atoms with Gasteiger partial charge in [0.1, 0.15) is 12.6 Å². The van der Waals surface area contributed by atoms with E-state index in [2.05, 4.69) is 11.3 Å². The molecule has 1 amide bonds. The second-order valence-electron chi connectivity index (χ2n) is 3.53. The first-order valence-electron chi connectivity index (χ1n) is 4.91. The number of carbonyl (C=O) groups is 2. The molecule has 1 unspecified atom stereocenters. The van der Waals surface area contributed by atoms with E-state index in [1.165, 1.54) is 6.08 Å². The van der Waals surface area contributed by atoms with Gasteiger partial charge in [-0.25, -0.2) is 18.4 Å². The standard InChI is InChI=1S/C10H15F2NO4/c1-3-6-17-9(16)13-7(8(14)15)4-5-10(2,11)12/h3,7H,1,4-6H2,2H3,(H,13,16)(H,14,15). The number of carboxylic acid groups (broad SMARTS) is 1. The summed E-state index contributed by atoms with van der Waals surface area (Å²) in [5, 5.41) is 10.7. The number of carbonyl (C=O) groups excluding carboxylic acids is 1. The molecule has 17 heavy (non-hydrogen) atoms. The predicted molar refractivity (Wildman–Crippen MR) is 56.0 cm³/mol. The Hall–Kier alpha value is -1.66. The highest BCUT2D eigenvalue weighted by molar-refractivity contribution is 5.79. The van der Waals surface area contributed by atoms with Gasteiger partial charge in [-0.2, -0.15) is 0 Å². The molecule has 0 fully saturated rings. The van der Waals surface area contributed by atoms with Crippen LogP contribution >= 0.6 is 0 Å². The van der Waals surface area contributed by atoms with Gasteiger partial charge in [0.25, 0.3) is 0 Å². The van der Waals surface area contributed by atoms with Gasteiger partial charge >= 0.3 is 12.1 Å². The summed E-state index contributed by atoms with van der Waals surface area (Å²) in [7, 11) is 0. The van der Waals surface area contributed by atoms with Crippen molar-refractivity contribution in [3.63, 3.8) is 0 Å². The molecular weight excluding hydrogens is 236 g/mol. The van der Waals surface area contributed by atoms with Crippen LogP contribution in [0.2, 0.25) is 0 Å². The molecular formula is C10H15F2NO4. The van der Waals surface area contributed by atoms with Crippen molar-refractivity contribution in [1.82, 2.24) is 5.32 Å². The number of halogens is 2. The van der Waals surface area contributed by atoms with Gasteiger partial charge in [0.2, 0.25) is 5.92 Å². The summed E-state index contributed by atoms with van der Waals surface area (Å²) in [5.41, 5.74) is 0. The van der Waals surface area contributed by atoms with Gasteiger partial charge in [0.05, 0.1) is 0 Å². The molecule has 0 aliphatic carbocycles. The van der Waals surface area contributed by atoms with Crippen molar-refractivity contribution in [2.75, 3.05) is 6.61 Å². The molecule has 0 aliphatic heterocycles. The molecule has 0 aromatic heterocycles. The van der Waals surface area contributed by atoms with E-state index < -0.39 is 30.4 Å². The lowest BCUT2D eigenvalue weighted by Crippen LogP contribution is -2.41. The Labute approximate surface area is 97.4 Å². The highest BCUT2D eigenvalue weighted by Gasteiger charge is 2.27. The quantitative estimate of drug-likeness (QED) is 0.676. The Balaban J connectivity index is 4.20. The van der Waals surface area contributed by atoms with Crippen LogP contribution < -0.4 is 5.32 Å². The van der Waals surface area contributed by atoms with Crippen molar-refractivity contribution in [1.29, 1.82) is 0 Å². The van der Waals surface area contributed by atoms with Crippen LogP contribution in [0.5, 0.6) is 0 Å². The number of nitrogens with one attached hydrogen (secondary N) is 1. The van der Waals surface area contributed by atoms with Crippen LogP contribution in [0.25, 0.3) is 0 Å². The van der Waals surface area contributed by atoms with Gasteiger partial charge in [-0.3, -0.25) is 0 Å². The van der Waals surface area contributed by atoms with Crippen LogP contribution in [0.15, 0.2) is 12.7 Å². The summed E-state index contributed by atoms with van der Waals surface area (Å²) < 4.78 is 29.6. The average molecular weight is 251 g/mol. The van der Waals surface area contributed by atoms with Gasteiger partial charge in [-0.05, 0) is 13.3 Å². The fourth-order valence-electron chi connectivity index (χ4n) is 0.974. The smallest absolute Gasteiger partial charge is 0.408 e. The third-order valence-corrected chi connectivity index (χ3v) is 1.79. The molecule has 5 nitrogen and oxygen atoms in total. The van der Waals surface area contributed by atoms with Gasteiger partial charge in [0.15, 0.2) is 0 Å². The molecule has 0 bridgehead atoms. The number of hydrogen-bond donors (Lipinski definition) is 2. The molecule has 1 atom stereocenters. The minimum Gasteiger partial charge on any atom is -0.480 e. The van der Waals surface area contributed by atoms with E-state index in [4.69, 9.17) is 5.11 Å². The number of hydrogen-bond acceptors (Lipinski definition) is 3. The summed E-state index contributed by atoms with van der Waals surface area (Å²) >= 11 is 0. The molecule has 0 spiro atoms. The molecule has 0 aromatic rings. The molecule has 0 saturated carbocycles. The van der Waals surface area contributed by atoms with E-state index in [9.17, 15) is 18.4 Å². The molecule has 7 heteroatoms. The largest absolute Gasteiger partial charge is 0.480 e. The summed E-state index contributed by atoms with van der Waals surface area (Å²) in [6.07, 6.45) is -0.680. The molecule has 0 rings (SSSR count). The number of aliphatic carboxylic acids is 1. The Morgan fingerprint density at radius 1 is 1.59 bits per heavy atom. The van der Waals surface area contributed by atoms with Crippen molar-refractivity contribution in [3.05, 3.63) is 12.7 Å². The van der Waals surface area contributed by atoms with Crippen molar-refractivity contribution < 1.29 is 28.2 Å². The van der Waals surface area contributed by atoms with Crippen molar-refractivity contribution in [2.45, 2.75) is 31.7 Å². The minimum absolute atomic E-state index is 0.0812. The number of rotatable bonds is 7. The fourth-order valence-corrected chi connectivity index (χ4v) is 0.974. The van der Waals surface area contributed by atoms with Crippen LogP contribution in [0.4, 0.5) is 13.6 Å². The average Bonchev–Trinajstić information content (AvgIpc) is 2.19. The van der Waals surface area contributed by atoms with Crippen molar-refractivity contribution in [2.24, 2.45) is 0 Å². The van der Waals surface area contributed by atoms with Crippen molar-refractivity contribution in [3.8, 4) is 0 Å². The zero-order chi connectivity index (χ0) is 13.5. The summed E-state index contributed by atoms with van der Waals surface area (Å²) in [4.78, 5) is 21.7. The Kier molecular flexibility index (Phi) is 6.16. The van der Waals surface area contributed by atoms with Crippen LogP contribution in [0, 0.1) is 0 Å². The normalized spacial score (nSPS) is 12.6. The highest BCUT2D eigenvalue weighted by Crippen LogP contribution is 2.19. The van der Waals surface area contributed by atoms with E-state index in [-0.39, 0.29) is 13.0 Å². The van der Waals surface area contributed by atoms with Crippen LogP contribution in [0.1, 0.15) is 19.8 Å². The molecule has 0 aliphatic rings. The van der Waals surface area contributed by atoms with Gasteiger partial charge in [-0.15, -0.1) is 0 Å². The van der Waals surface area contributed by atoms with Crippen LogP contribution in [-0.4, -0.2) is 35.7 Å². The zero-order valence-electron chi connectivity index (χ0n) is 9.41. The highest BCUT2D eigenvalue weighted by atomic mass is 19.3. The number of alkyl halides is 2. The molecule has 0 heterocycles. The number of ether oxygens (including phenoxy) is 1. The van der Waals surface area contributed by atoms with Gasteiger partial charge < -0.3 is 15.2 Å². The topological polar surface area (TPSA) is 75.6 Å². The maximum Gasteiger partial charge on any atom is 0.408 e. The lowest BCUT2D eigenvalue weighted by molar-refractivity contribution is -0.139. The first kappa shape index (κ1) is 15.3. The third kappa shape index (κ3) is 8.18. The maximum absolute atomic E-state index is 12.5. The monoisotopic (exact) mass is 251 g/mol. The predicted octanol–water partition coefficient (Wildman–Crippen LogP) is 1.79.